The Bertz CT molecular complexity index is 758. The van der Waals surface area contributed by atoms with Gasteiger partial charge < -0.3 is 14.8 Å². The molecular weight excluding hydrogens is 348 g/mol. The second-order valence-electron chi connectivity index (χ2n) is 4.91. The molecule has 2 N–H and O–H groups in total. The summed E-state index contributed by atoms with van der Waals surface area (Å²) in [5.74, 6) is 0.362. The van der Waals surface area contributed by atoms with E-state index in [9.17, 15) is 4.79 Å². The zero-order valence-electron chi connectivity index (χ0n) is 13.5. The molecule has 0 spiro atoms. The van der Waals surface area contributed by atoms with E-state index >= 15 is 0 Å². The standard InChI is InChI=1S/C17H17ClN2O3S/c1-10-7-8-11(9-12(10)18)19-17(24)20-16(21)15-13(22-2)5-4-6-14(15)23-3/h4-9H,1-3H3,(H2,19,20,21,24). The number of aryl methyl sites for hydroxylation is 1. The van der Waals surface area contributed by atoms with E-state index < -0.39 is 5.91 Å². The predicted octanol–water partition coefficient (Wildman–Crippen LogP) is 3.79. The van der Waals surface area contributed by atoms with Gasteiger partial charge in [-0.3, -0.25) is 10.1 Å². The fraction of sp³-hybridized carbons (Fsp3) is 0.176. The molecule has 0 aliphatic rings. The summed E-state index contributed by atoms with van der Waals surface area (Å²) in [6.07, 6.45) is 0. The molecule has 0 fully saturated rings. The number of carbonyl (C=O) groups is 1. The van der Waals surface area contributed by atoms with Crippen molar-refractivity contribution in [3.63, 3.8) is 0 Å². The van der Waals surface area contributed by atoms with Crippen LogP contribution in [0.3, 0.4) is 0 Å². The van der Waals surface area contributed by atoms with Gasteiger partial charge in [-0.15, -0.1) is 0 Å². The minimum absolute atomic E-state index is 0.146. The van der Waals surface area contributed by atoms with Crippen LogP contribution in [0.5, 0.6) is 11.5 Å². The largest absolute Gasteiger partial charge is 0.496 e. The van der Waals surface area contributed by atoms with Gasteiger partial charge in [0.2, 0.25) is 0 Å². The van der Waals surface area contributed by atoms with Gasteiger partial charge in [0.15, 0.2) is 5.11 Å². The van der Waals surface area contributed by atoms with E-state index in [1.165, 1.54) is 14.2 Å². The number of hydrogen-bond donors (Lipinski definition) is 2. The van der Waals surface area contributed by atoms with Crippen molar-refractivity contribution in [1.29, 1.82) is 0 Å². The molecule has 0 aromatic heterocycles. The van der Waals surface area contributed by atoms with Crippen molar-refractivity contribution in [2.45, 2.75) is 6.92 Å². The number of methoxy groups -OCH3 is 2. The summed E-state index contributed by atoms with van der Waals surface area (Å²) in [6.45, 7) is 1.90. The predicted molar refractivity (Wildman–Crippen MR) is 99.4 cm³/mol. The number of benzene rings is 2. The van der Waals surface area contributed by atoms with Crippen LogP contribution in [-0.4, -0.2) is 25.2 Å². The molecule has 2 aromatic rings. The van der Waals surface area contributed by atoms with Crippen LogP contribution >= 0.6 is 23.8 Å². The molecule has 2 rings (SSSR count). The highest BCUT2D eigenvalue weighted by Crippen LogP contribution is 2.28. The molecule has 0 unspecified atom stereocenters. The van der Waals surface area contributed by atoms with Crippen molar-refractivity contribution in [1.82, 2.24) is 5.32 Å². The van der Waals surface area contributed by atoms with Crippen LogP contribution in [0.2, 0.25) is 5.02 Å². The molecule has 24 heavy (non-hydrogen) atoms. The average molecular weight is 365 g/mol. The number of thiocarbonyl (C=S) groups is 1. The molecule has 0 aliphatic carbocycles. The molecular formula is C17H17ClN2O3S. The minimum atomic E-state index is -0.431. The monoisotopic (exact) mass is 364 g/mol. The van der Waals surface area contributed by atoms with E-state index in [0.29, 0.717) is 22.2 Å². The lowest BCUT2D eigenvalue weighted by molar-refractivity contribution is 0.0971. The van der Waals surface area contributed by atoms with Gasteiger partial charge >= 0.3 is 0 Å². The number of carbonyl (C=O) groups excluding carboxylic acids is 1. The van der Waals surface area contributed by atoms with Crippen molar-refractivity contribution in [3.8, 4) is 11.5 Å². The van der Waals surface area contributed by atoms with Crippen LogP contribution in [0.25, 0.3) is 0 Å². The van der Waals surface area contributed by atoms with Gasteiger partial charge in [0.25, 0.3) is 5.91 Å². The van der Waals surface area contributed by atoms with Crippen molar-refractivity contribution in [2.75, 3.05) is 19.5 Å². The third-order valence-electron chi connectivity index (χ3n) is 3.31. The lowest BCUT2D eigenvalue weighted by atomic mass is 10.1. The van der Waals surface area contributed by atoms with Gasteiger partial charge in [0.05, 0.1) is 14.2 Å². The first kappa shape index (κ1) is 18.0. The van der Waals surface area contributed by atoms with E-state index in [4.69, 9.17) is 33.3 Å². The highest BCUT2D eigenvalue weighted by Gasteiger charge is 2.19. The van der Waals surface area contributed by atoms with Crippen molar-refractivity contribution in [3.05, 3.63) is 52.5 Å². The molecule has 1 amide bonds. The first-order chi connectivity index (χ1) is 11.5. The Morgan fingerprint density at radius 1 is 1.12 bits per heavy atom. The van der Waals surface area contributed by atoms with Crippen LogP contribution in [0.1, 0.15) is 15.9 Å². The fourth-order valence-corrected chi connectivity index (χ4v) is 2.46. The molecule has 7 heteroatoms. The molecule has 0 saturated heterocycles. The topological polar surface area (TPSA) is 59.6 Å². The minimum Gasteiger partial charge on any atom is -0.496 e. The number of hydrogen-bond acceptors (Lipinski definition) is 4. The van der Waals surface area contributed by atoms with E-state index in [-0.39, 0.29) is 10.7 Å². The molecule has 0 radical (unpaired) electrons. The molecule has 0 heterocycles. The Labute approximate surface area is 150 Å². The zero-order chi connectivity index (χ0) is 17.7. The number of halogens is 1. The quantitative estimate of drug-likeness (QED) is 0.808. The Balaban J connectivity index is 2.14. The summed E-state index contributed by atoms with van der Waals surface area (Å²) < 4.78 is 10.4. The van der Waals surface area contributed by atoms with Crippen LogP contribution in [0.15, 0.2) is 36.4 Å². The van der Waals surface area contributed by atoms with Crippen LogP contribution in [0, 0.1) is 6.92 Å². The fourth-order valence-electron chi connectivity index (χ4n) is 2.07. The zero-order valence-corrected chi connectivity index (χ0v) is 15.0. The Morgan fingerprint density at radius 2 is 1.75 bits per heavy atom. The van der Waals surface area contributed by atoms with E-state index in [2.05, 4.69) is 10.6 Å². The molecule has 0 atom stereocenters. The molecule has 5 nitrogen and oxygen atoms in total. The molecule has 0 aliphatic heterocycles. The normalized spacial score (nSPS) is 10.0. The van der Waals surface area contributed by atoms with Gasteiger partial charge in [-0.2, -0.15) is 0 Å². The lowest BCUT2D eigenvalue weighted by Crippen LogP contribution is -2.34. The van der Waals surface area contributed by atoms with Crippen molar-refractivity contribution >= 4 is 40.5 Å². The van der Waals surface area contributed by atoms with Crippen LogP contribution in [0.4, 0.5) is 5.69 Å². The van der Waals surface area contributed by atoms with Gasteiger partial charge in [0.1, 0.15) is 17.1 Å². The number of rotatable bonds is 4. The highest BCUT2D eigenvalue weighted by atomic mass is 35.5. The number of ether oxygens (including phenoxy) is 2. The maximum Gasteiger partial charge on any atom is 0.264 e. The summed E-state index contributed by atoms with van der Waals surface area (Å²) in [6, 6.07) is 10.5. The second kappa shape index (κ2) is 7.99. The third kappa shape index (κ3) is 4.15. The maximum absolute atomic E-state index is 12.5. The van der Waals surface area contributed by atoms with Gasteiger partial charge in [-0.25, -0.2) is 0 Å². The van der Waals surface area contributed by atoms with Crippen molar-refractivity contribution < 1.29 is 14.3 Å². The molecule has 0 bridgehead atoms. The van der Waals surface area contributed by atoms with Gasteiger partial charge in [0, 0.05) is 10.7 Å². The van der Waals surface area contributed by atoms with Crippen molar-refractivity contribution in [2.24, 2.45) is 0 Å². The summed E-state index contributed by atoms with van der Waals surface area (Å²) in [5.41, 5.74) is 1.91. The summed E-state index contributed by atoms with van der Waals surface area (Å²) in [7, 11) is 2.97. The smallest absolute Gasteiger partial charge is 0.264 e. The van der Waals surface area contributed by atoms with Gasteiger partial charge in [-0.1, -0.05) is 23.7 Å². The number of anilines is 1. The average Bonchev–Trinajstić information content (AvgIpc) is 2.57. The van der Waals surface area contributed by atoms with E-state index in [0.717, 1.165) is 5.56 Å². The first-order valence-corrected chi connectivity index (χ1v) is 7.84. The first-order valence-electron chi connectivity index (χ1n) is 7.05. The lowest BCUT2D eigenvalue weighted by Gasteiger charge is -2.14. The molecule has 2 aromatic carbocycles. The maximum atomic E-state index is 12.5. The van der Waals surface area contributed by atoms with Crippen LogP contribution < -0.4 is 20.1 Å². The third-order valence-corrected chi connectivity index (χ3v) is 3.92. The second-order valence-corrected chi connectivity index (χ2v) is 5.73. The van der Waals surface area contributed by atoms with E-state index in [1.807, 2.05) is 19.1 Å². The number of amides is 1. The summed E-state index contributed by atoms with van der Waals surface area (Å²) >= 11 is 11.3. The Kier molecular flexibility index (Phi) is 6.00. The van der Waals surface area contributed by atoms with E-state index in [1.54, 1.807) is 24.3 Å². The molecule has 0 saturated carbocycles. The summed E-state index contributed by atoms with van der Waals surface area (Å²) in [4.78, 5) is 12.5. The Hall–Kier alpha value is -2.31. The van der Waals surface area contributed by atoms with Crippen LogP contribution in [-0.2, 0) is 0 Å². The SMILES string of the molecule is COc1cccc(OC)c1C(=O)NC(=S)Nc1ccc(C)c(Cl)c1. The Morgan fingerprint density at radius 3 is 2.29 bits per heavy atom. The molecule has 126 valence electrons. The highest BCUT2D eigenvalue weighted by molar-refractivity contribution is 7.80. The van der Waals surface area contributed by atoms with Gasteiger partial charge in [-0.05, 0) is 49.0 Å². The number of nitrogens with one attached hydrogen (secondary N) is 2. The summed E-state index contributed by atoms with van der Waals surface area (Å²) in [5, 5.41) is 6.28.